The van der Waals surface area contributed by atoms with Gasteiger partial charge in [-0.1, -0.05) is 0 Å². The Kier molecular flexibility index (Phi) is 4.81. The molecule has 10 heteroatoms. The molecule has 6 nitrogen and oxygen atoms in total. The average Bonchev–Trinajstić information content (AvgIpc) is 2.54. The molecule has 0 amide bonds. The van der Waals surface area contributed by atoms with Crippen LogP contribution >= 0.6 is 0 Å². The van der Waals surface area contributed by atoms with Crippen LogP contribution in [0.4, 0.5) is 13.2 Å². The molecule has 1 fully saturated rings. The second kappa shape index (κ2) is 6.68. The predicted octanol–water partition coefficient (Wildman–Crippen LogP) is 2.16. The van der Waals surface area contributed by atoms with Gasteiger partial charge in [0.15, 0.2) is 0 Å². The monoisotopic (exact) mass is 402 g/mol. The van der Waals surface area contributed by atoms with E-state index in [0.29, 0.717) is 11.4 Å². The first-order chi connectivity index (χ1) is 12.5. The van der Waals surface area contributed by atoms with E-state index in [1.165, 1.54) is 10.6 Å². The number of benzene rings is 1. The van der Waals surface area contributed by atoms with Crippen molar-refractivity contribution >= 4 is 10.0 Å². The molecule has 0 N–H and O–H groups in total. The zero-order valence-corrected chi connectivity index (χ0v) is 15.3. The number of halogens is 3. The van der Waals surface area contributed by atoms with Crippen LogP contribution in [0.1, 0.15) is 11.3 Å². The van der Waals surface area contributed by atoms with Crippen LogP contribution in [0.15, 0.2) is 46.1 Å². The maximum Gasteiger partial charge on any atom is 0.416 e. The number of aromatic nitrogens is 1. The fourth-order valence-corrected chi connectivity index (χ4v) is 4.14. The molecular weight excluding hydrogens is 385 g/mol. The van der Waals surface area contributed by atoms with E-state index in [0.717, 1.165) is 28.6 Å². The van der Waals surface area contributed by atoms with Crippen LogP contribution in [0.5, 0.6) is 5.75 Å². The lowest BCUT2D eigenvalue weighted by Gasteiger charge is -2.37. The van der Waals surface area contributed by atoms with Crippen molar-refractivity contribution in [1.29, 1.82) is 0 Å². The van der Waals surface area contributed by atoms with Gasteiger partial charge in [-0.2, -0.15) is 17.5 Å². The highest BCUT2D eigenvalue weighted by molar-refractivity contribution is 7.89. The minimum absolute atomic E-state index is 0.0532. The standard InChI is InChI=1S/C17H17F3N2O4S/c1-11-7-13(8-16(23)21(11)2)26-14-9-22(10-14)27(24,25)15-5-3-12(4-6-15)17(18,19)20/h3-8,14H,9-10H2,1-2H3. The first-order valence-electron chi connectivity index (χ1n) is 8.00. The van der Waals surface area contributed by atoms with Crippen molar-refractivity contribution in [2.45, 2.75) is 24.1 Å². The van der Waals surface area contributed by atoms with Crippen molar-refractivity contribution in [3.8, 4) is 5.75 Å². The summed E-state index contributed by atoms with van der Waals surface area (Å²) in [6.45, 7) is 1.85. The van der Waals surface area contributed by atoms with Crippen molar-refractivity contribution in [2.24, 2.45) is 7.05 Å². The Morgan fingerprint density at radius 2 is 1.70 bits per heavy atom. The summed E-state index contributed by atoms with van der Waals surface area (Å²) in [5.74, 6) is 0.354. The summed E-state index contributed by atoms with van der Waals surface area (Å²) in [4.78, 5) is 11.5. The smallest absolute Gasteiger partial charge is 0.416 e. The number of ether oxygens (including phenoxy) is 1. The lowest BCUT2D eigenvalue weighted by Crippen LogP contribution is -2.56. The molecule has 2 heterocycles. The van der Waals surface area contributed by atoms with Crippen LogP contribution in [0.3, 0.4) is 0 Å². The second-order valence-corrected chi connectivity index (χ2v) is 8.25. The number of aryl methyl sites for hydroxylation is 1. The quantitative estimate of drug-likeness (QED) is 0.786. The third-order valence-corrected chi connectivity index (χ3v) is 6.26. The Morgan fingerprint density at radius 1 is 1.11 bits per heavy atom. The maximum atomic E-state index is 12.6. The number of hydrogen-bond acceptors (Lipinski definition) is 4. The van der Waals surface area contributed by atoms with Gasteiger partial charge in [0, 0.05) is 18.8 Å². The van der Waals surface area contributed by atoms with Gasteiger partial charge in [-0.15, -0.1) is 0 Å². The van der Waals surface area contributed by atoms with Crippen LogP contribution < -0.4 is 10.3 Å². The number of hydrogen-bond donors (Lipinski definition) is 0. The molecule has 1 aliphatic rings. The highest BCUT2D eigenvalue weighted by atomic mass is 32.2. The number of alkyl halides is 3. The van der Waals surface area contributed by atoms with E-state index >= 15 is 0 Å². The molecule has 146 valence electrons. The fourth-order valence-electron chi connectivity index (χ4n) is 2.63. The van der Waals surface area contributed by atoms with Crippen LogP contribution in [-0.2, 0) is 23.2 Å². The summed E-state index contributed by atoms with van der Waals surface area (Å²) in [6, 6.07) is 6.36. The molecule has 1 aliphatic heterocycles. The third-order valence-electron chi connectivity index (χ3n) is 4.41. The maximum absolute atomic E-state index is 12.6. The number of nitrogens with zero attached hydrogens (tertiary/aromatic N) is 2. The van der Waals surface area contributed by atoms with E-state index in [9.17, 15) is 26.4 Å². The molecule has 1 saturated heterocycles. The summed E-state index contributed by atoms with van der Waals surface area (Å²) < 4.78 is 70.9. The van der Waals surface area contributed by atoms with Gasteiger partial charge in [0.2, 0.25) is 10.0 Å². The van der Waals surface area contributed by atoms with Gasteiger partial charge in [0.1, 0.15) is 11.9 Å². The molecular formula is C17H17F3N2O4S. The zero-order chi connectivity index (χ0) is 20.0. The van der Waals surface area contributed by atoms with Gasteiger partial charge in [-0.3, -0.25) is 4.79 Å². The summed E-state index contributed by atoms with van der Waals surface area (Å²) in [7, 11) is -2.26. The van der Waals surface area contributed by atoms with Crippen LogP contribution in [-0.4, -0.2) is 36.5 Å². The molecule has 2 aromatic rings. The molecule has 0 saturated carbocycles. The summed E-state index contributed by atoms with van der Waals surface area (Å²) in [5.41, 5.74) is -0.447. The van der Waals surface area contributed by atoms with Gasteiger partial charge >= 0.3 is 6.18 Å². The fraction of sp³-hybridized carbons (Fsp3) is 0.353. The normalized spacial score (nSPS) is 16.2. The Bertz CT molecular complexity index is 1010. The molecule has 0 aliphatic carbocycles. The van der Waals surface area contributed by atoms with E-state index in [-0.39, 0.29) is 23.5 Å². The Labute approximate surface area is 153 Å². The first-order valence-corrected chi connectivity index (χ1v) is 9.44. The van der Waals surface area contributed by atoms with Crippen LogP contribution in [0.25, 0.3) is 0 Å². The summed E-state index contributed by atoms with van der Waals surface area (Å²) in [5, 5.41) is 0. The van der Waals surface area contributed by atoms with Crippen LogP contribution in [0.2, 0.25) is 0 Å². The Balaban J connectivity index is 1.67. The lowest BCUT2D eigenvalue weighted by molar-refractivity contribution is -0.137. The zero-order valence-electron chi connectivity index (χ0n) is 14.5. The average molecular weight is 402 g/mol. The van der Waals surface area contributed by atoms with Gasteiger partial charge in [0.25, 0.3) is 5.56 Å². The molecule has 0 bridgehead atoms. The highest BCUT2D eigenvalue weighted by Gasteiger charge is 2.39. The number of sulfonamides is 1. The van der Waals surface area contributed by atoms with E-state index < -0.39 is 27.9 Å². The molecule has 0 unspecified atom stereocenters. The molecule has 1 aromatic heterocycles. The molecule has 0 spiro atoms. The van der Waals surface area contributed by atoms with E-state index in [1.807, 2.05) is 0 Å². The predicted molar refractivity (Wildman–Crippen MR) is 91.0 cm³/mol. The first kappa shape index (κ1) is 19.4. The number of rotatable bonds is 4. The van der Waals surface area contributed by atoms with Gasteiger partial charge < -0.3 is 9.30 Å². The van der Waals surface area contributed by atoms with Crippen LogP contribution in [0, 0.1) is 6.92 Å². The van der Waals surface area contributed by atoms with Gasteiger partial charge in [-0.05, 0) is 37.3 Å². The lowest BCUT2D eigenvalue weighted by atomic mass is 10.2. The van der Waals surface area contributed by atoms with Crippen molar-refractivity contribution in [3.05, 3.63) is 58.0 Å². The van der Waals surface area contributed by atoms with E-state index in [1.54, 1.807) is 20.0 Å². The van der Waals surface area contributed by atoms with E-state index in [4.69, 9.17) is 4.74 Å². The summed E-state index contributed by atoms with van der Waals surface area (Å²) in [6.07, 6.45) is -4.95. The third kappa shape index (κ3) is 3.86. The van der Waals surface area contributed by atoms with Crippen molar-refractivity contribution in [3.63, 3.8) is 0 Å². The number of pyridine rings is 1. The minimum Gasteiger partial charge on any atom is -0.487 e. The van der Waals surface area contributed by atoms with E-state index in [2.05, 4.69) is 0 Å². The van der Waals surface area contributed by atoms with Crippen molar-refractivity contribution in [2.75, 3.05) is 13.1 Å². The molecule has 3 rings (SSSR count). The molecule has 1 aromatic carbocycles. The SMILES string of the molecule is Cc1cc(OC2CN(S(=O)(=O)c3ccc(C(F)(F)F)cc3)C2)cc(=O)n1C. The Morgan fingerprint density at radius 3 is 2.22 bits per heavy atom. The van der Waals surface area contributed by atoms with Gasteiger partial charge in [0.05, 0.1) is 23.5 Å². The topological polar surface area (TPSA) is 68.6 Å². The van der Waals surface area contributed by atoms with Crippen molar-refractivity contribution < 1.29 is 26.3 Å². The van der Waals surface area contributed by atoms with Gasteiger partial charge in [-0.25, -0.2) is 8.42 Å². The molecule has 0 radical (unpaired) electrons. The largest absolute Gasteiger partial charge is 0.487 e. The second-order valence-electron chi connectivity index (χ2n) is 6.31. The highest BCUT2D eigenvalue weighted by Crippen LogP contribution is 2.31. The summed E-state index contributed by atoms with van der Waals surface area (Å²) >= 11 is 0. The minimum atomic E-state index is -4.52. The molecule has 0 atom stereocenters. The van der Waals surface area contributed by atoms with Crippen molar-refractivity contribution in [1.82, 2.24) is 8.87 Å². The Hall–Kier alpha value is -2.33. The molecule has 27 heavy (non-hydrogen) atoms.